The lowest BCUT2D eigenvalue weighted by Crippen LogP contribution is -2.27. The van der Waals surface area contributed by atoms with Crippen molar-refractivity contribution in [3.63, 3.8) is 0 Å². The van der Waals surface area contributed by atoms with Gasteiger partial charge in [0.1, 0.15) is 12.4 Å². The van der Waals surface area contributed by atoms with Gasteiger partial charge in [-0.3, -0.25) is 9.69 Å². The number of anilines is 1. The summed E-state index contributed by atoms with van der Waals surface area (Å²) in [5, 5.41) is 0. The molecule has 2 aromatic rings. The van der Waals surface area contributed by atoms with Crippen LogP contribution in [0.3, 0.4) is 0 Å². The van der Waals surface area contributed by atoms with Gasteiger partial charge in [-0.1, -0.05) is 81.0 Å². The maximum absolute atomic E-state index is 12.2. The molecule has 5 heteroatoms. The summed E-state index contributed by atoms with van der Waals surface area (Å²) >= 11 is 6.50. The highest BCUT2D eigenvalue weighted by atomic mass is 32.2. The van der Waals surface area contributed by atoms with Gasteiger partial charge in [0.2, 0.25) is 0 Å². The van der Waals surface area contributed by atoms with Crippen LogP contribution in [0.1, 0.15) is 43.7 Å². The second-order valence-corrected chi connectivity index (χ2v) is 8.52. The average molecular weight is 412 g/mol. The molecular weight excluding hydrogens is 386 g/mol. The van der Waals surface area contributed by atoms with Crippen molar-refractivity contribution in [3.05, 3.63) is 71.1 Å². The lowest BCUT2D eigenvalue weighted by molar-refractivity contribution is -0.113. The number of carbonyl (C=O) groups is 1. The predicted octanol–water partition coefficient (Wildman–Crippen LogP) is 6.27. The van der Waals surface area contributed by atoms with E-state index < -0.39 is 0 Å². The lowest BCUT2D eigenvalue weighted by atomic mass is 10.0. The monoisotopic (exact) mass is 411 g/mol. The Morgan fingerprint density at radius 3 is 2.39 bits per heavy atom. The molecule has 0 saturated carbocycles. The average Bonchev–Trinajstić information content (AvgIpc) is 2.96. The van der Waals surface area contributed by atoms with E-state index in [0.717, 1.165) is 17.9 Å². The molecular formula is C23H25NO2S2. The van der Waals surface area contributed by atoms with Crippen LogP contribution in [0.5, 0.6) is 5.75 Å². The smallest absolute Gasteiger partial charge is 0.270 e. The Balaban J connectivity index is 1.61. The van der Waals surface area contributed by atoms with E-state index in [4.69, 9.17) is 17.0 Å². The molecule has 28 heavy (non-hydrogen) atoms. The minimum atomic E-state index is -0.152. The Hall–Kier alpha value is -2.11. The van der Waals surface area contributed by atoms with Crippen molar-refractivity contribution in [3.8, 4) is 5.75 Å². The van der Waals surface area contributed by atoms with Gasteiger partial charge in [0, 0.05) is 0 Å². The molecule has 1 fully saturated rings. The van der Waals surface area contributed by atoms with Crippen LogP contribution in [0.25, 0.3) is 0 Å². The summed E-state index contributed by atoms with van der Waals surface area (Å²) in [6, 6.07) is 15.9. The Kier molecular flexibility index (Phi) is 7.29. The van der Waals surface area contributed by atoms with E-state index in [1.165, 1.54) is 53.5 Å². The Labute approximate surface area is 176 Å². The molecule has 2 aromatic carbocycles. The zero-order chi connectivity index (χ0) is 19.9. The fourth-order valence-corrected chi connectivity index (χ4v) is 4.32. The number of benzene rings is 2. The molecule has 0 N–H and O–H groups in total. The van der Waals surface area contributed by atoms with Gasteiger partial charge in [-0.05, 0) is 48.2 Å². The van der Waals surface area contributed by atoms with Crippen molar-refractivity contribution in [1.29, 1.82) is 0 Å². The predicted molar refractivity (Wildman–Crippen MR) is 122 cm³/mol. The molecule has 146 valence electrons. The minimum Gasteiger partial charge on any atom is -0.489 e. The molecule has 0 spiro atoms. The van der Waals surface area contributed by atoms with Crippen LogP contribution in [0, 0.1) is 0 Å². The molecule has 0 radical (unpaired) electrons. The zero-order valence-corrected chi connectivity index (χ0v) is 17.8. The van der Waals surface area contributed by atoms with E-state index in [2.05, 4.69) is 37.8 Å². The summed E-state index contributed by atoms with van der Waals surface area (Å²) in [6.45, 7) is 6.51. The highest BCUT2D eigenvalue weighted by Crippen LogP contribution is 2.34. The summed E-state index contributed by atoms with van der Waals surface area (Å²) in [4.78, 5) is 14.1. The first-order valence-corrected chi connectivity index (χ1v) is 10.9. The van der Waals surface area contributed by atoms with E-state index >= 15 is 0 Å². The van der Waals surface area contributed by atoms with Crippen LogP contribution in [-0.4, -0.2) is 10.2 Å². The first-order valence-electron chi connectivity index (χ1n) is 9.65. The van der Waals surface area contributed by atoms with Gasteiger partial charge in [0.25, 0.3) is 5.91 Å². The van der Waals surface area contributed by atoms with E-state index in [1.807, 2.05) is 24.3 Å². The second-order valence-electron chi connectivity index (χ2n) is 6.79. The number of unbranched alkanes of at least 4 members (excludes halogenated alkanes) is 3. The van der Waals surface area contributed by atoms with E-state index in [9.17, 15) is 4.79 Å². The number of hydrogen-bond donors (Lipinski definition) is 0. The largest absolute Gasteiger partial charge is 0.489 e. The van der Waals surface area contributed by atoms with Crippen LogP contribution in [0.4, 0.5) is 5.69 Å². The molecule has 1 heterocycles. The number of rotatable bonds is 9. The third kappa shape index (κ3) is 5.03. The lowest BCUT2D eigenvalue weighted by Gasteiger charge is -2.15. The number of ether oxygens (including phenoxy) is 1. The van der Waals surface area contributed by atoms with Crippen LogP contribution in [-0.2, 0) is 17.8 Å². The Bertz CT molecular complexity index is 861. The van der Waals surface area contributed by atoms with Crippen LogP contribution >= 0.6 is 24.0 Å². The fraction of sp³-hybridized carbons (Fsp3) is 0.304. The fourth-order valence-electron chi connectivity index (χ4n) is 3.16. The number of aryl methyl sites for hydroxylation is 1. The van der Waals surface area contributed by atoms with Gasteiger partial charge in [-0.15, -0.1) is 0 Å². The van der Waals surface area contributed by atoms with Gasteiger partial charge in [0.15, 0.2) is 4.32 Å². The highest BCUT2D eigenvalue weighted by molar-refractivity contribution is 8.27. The van der Waals surface area contributed by atoms with Crippen molar-refractivity contribution in [2.75, 3.05) is 4.90 Å². The van der Waals surface area contributed by atoms with E-state index in [0.29, 0.717) is 15.8 Å². The number of nitrogens with zero attached hydrogens (tertiary/aromatic N) is 1. The first kappa shape index (κ1) is 20.6. The maximum Gasteiger partial charge on any atom is 0.270 e. The van der Waals surface area contributed by atoms with Gasteiger partial charge in [-0.25, -0.2) is 0 Å². The molecule has 3 rings (SSSR count). The Morgan fingerprint density at radius 1 is 1.04 bits per heavy atom. The minimum absolute atomic E-state index is 0.152. The zero-order valence-electron chi connectivity index (χ0n) is 16.1. The SMILES string of the molecule is C=C1SC(=S)N(c2ccc(OCc3ccccc3CCCCCC)cc2)C1=O. The molecule has 1 saturated heterocycles. The molecule has 0 atom stereocenters. The molecule has 1 aliphatic heterocycles. The van der Waals surface area contributed by atoms with Crippen LogP contribution in [0.2, 0.25) is 0 Å². The third-order valence-electron chi connectivity index (χ3n) is 4.74. The number of amides is 1. The van der Waals surface area contributed by atoms with Crippen molar-refractivity contribution >= 4 is 39.9 Å². The summed E-state index contributed by atoms with van der Waals surface area (Å²) in [5.41, 5.74) is 3.33. The van der Waals surface area contributed by atoms with Crippen LogP contribution in [0.15, 0.2) is 60.0 Å². The molecule has 1 amide bonds. The summed E-state index contributed by atoms with van der Waals surface area (Å²) in [5.74, 6) is 0.620. The number of thiocarbonyl (C=S) groups is 1. The molecule has 0 aliphatic carbocycles. The molecule has 0 aromatic heterocycles. The van der Waals surface area contributed by atoms with Crippen molar-refractivity contribution in [2.45, 2.75) is 45.6 Å². The third-order valence-corrected chi connectivity index (χ3v) is 5.95. The van der Waals surface area contributed by atoms with Crippen molar-refractivity contribution < 1.29 is 9.53 Å². The quantitative estimate of drug-likeness (QED) is 0.276. The van der Waals surface area contributed by atoms with Crippen molar-refractivity contribution in [2.24, 2.45) is 0 Å². The molecule has 3 nitrogen and oxygen atoms in total. The van der Waals surface area contributed by atoms with Gasteiger partial charge >= 0.3 is 0 Å². The number of carbonyl (C=O) groups excluding carboxylic acids is 1. The summed E-state index contributed by atoms with van der Waals surface area (Å²) in [6.07, 6.45) is 6.12. The van der Waals surface area contributed by atoms with Crippen molar-refractivity contribution in [1.82, 2.24) is 0 Å². The van der Waals surface area contributed by atoms with Gasteiger partial charge in [-0.2, -0.15) is 0 Å². The van der Waals surface area contributed by atoms with Crippen LogP contribution < -0.4 is 9.64 Å². The van der Waals surface area contributed by atoms with Gasteiger partial charge < -0.3 is 4.74 Å². The summed E-state index contributed by atoms with van der Waals surface area (Å²) in [7, 11) is 0. The number of hydrogen-bond acceptors (Lipinski definition) is 4. The maximum atomic E-state index is 12.2. The molecule has 1 aliphatic rings. The Morgan fingerprint density at radius 2 is 1.75 bits per heavy atom. The topological polar surface area (TPSA) is 29.5 Å². The number of thioether (sulfide) groups is 1. The normalized spacial score (nSPS) is 14.0. The molecule has 0 unspecified atom stereocenters. The first-order chi connectivity index (χ1) is 13.6. The van der Waals surface area contributed by atoms with Gasteiger partial charge in [0.05, 0.1) is 10.6 Å². The summed E-state index contributed by atoms with van der Waals surface area (Å²) < 4.78 is 6.51. The highest BCUT2D eigenvalue weighted by Gasteiger charge is 2.31. The second kappa shape index (κ2) is 9.89. The van der Waals surface area contributed by atoms with E-state index in [1.54, 1.807) is 0 Å². The molecule has 0 bridgehead atoms. The standard InChI is InChI=1S/C23H25NO2S2/c1-3-4-5-6-9-18-10-7-8-11-19(18)16-26-21-14-12-20(13-15-21)24-22(25)17(2)28-23(24)27/h7-8,10-15H,2-6,9,16H2,1H3. The van der Waals surface area contributed by atoms with E-state index in [-0.39, 0.29) is 5.91 Å².